The van der Waals surface area contributed by atoms with Crippen molar-refractivity contribution in [3.05, 3.63) is 47.3 Å². The number of benzene rings is 1. The summed E-state index contributed by atoms with van der Waals surface area (Å²) in [5, 5.41) is 4.91. The van der Waals surface area contributed by atoms with Crippen molar-refractivity contribution in [2.45, 2.75) is 25.9 Å². The molecule has 1 atom stereocenters. The average molecular weight is 312 g/mol. The van der Waals surface area contributed by atoms with Gasteiger partial charge < -0.3 is 4.90 Å². The monoisotopic (exact) mass is 312 g/mol. The molecule has 0 N–H and O–H groups in total. The normalized spacial score (nSPS) is 20.4. The lowest BCUT2D eigenvalue weighted by molar-refractivity contribution is -0.120. The number of hydrogen-bond acceptors (Lipinski definition) is 3. The van der Waals surface area contributed by atoms with Crippen LogP contribution >= 0.6 is 12.2 Å². The van der Waals surface area contributed by atoms with E-state index in [0.29, 0.717) is 18.1 Å². The molecule has 22 heavy (non-hydrogen) atoms. The molecule has 1 aromatic carbocycles. The number of amides is 1. The van der Waals surface area contributed by atoms with Gasteiger partial charge in [-0.2, -0.15) is 5.10 Å². The second-order valence-electron chi connectivity index (χ2n) is 5.85. The van der Waals surface area contributed by atoms with Crippen molar-refractivity contribution < 1.29 is 4.79 Å². The van der Waals surface area contributed by atoms with Crippen molar-refractivity contribution in [2.75, 3.05) is 4.90 Å². The van der Waals surface area contributed by atoms with E-state index in [9.17, 15) is 4.79 Å². The van der Waals surface area contributed by atoms with Gasteiger partial charge in [0.2, 0.25) is 0 Å². The molecule has 1 saturated heterocycles. The van der Waals surface area contributed by atoms with E-state index in [1.54, 1.807) is 9.58 Å². The molecule has 2 aliphatic rings. The van der Waals surface area contributed by atoms with Crippen LogP contribution in [0.2, 0.25) is 0 Å². The first-order chi connectivity index (χ1) is 10.6. The van der Waals surface area contributed by atoms with Crippen LogP contribution in [-0.2, 0) is 24.8 Å². The van der Waals surface area contributed by atoms with Crippen LogP contribution in [0.15, 0.2) is 30.5 Å². The summed E-state index contributed by atoms with van der Waals surface area (Å²) in [5.41, 5.74) is 4.09. The van der Waals surface area contributed by atoms with Gasteiger partial charge in [0.15, 0.2) is 5.11 Å². The molecule has 5 nitrogen and oxygen atoms in total. The van der Waals surface area contributed by atoms with Crippen LogP contribution < -0.4 is 4.90 Å². The highest BCUT2D eigenvalue weighted by molar-refractivity contribution is 7.80. The van der Waals surface area contributed by atoms with Crippen molar-refractivity contribution in [2.24, 2.45) is 7.05 Å². The van der Waals surface area contributed by atoms with E-state index >= 15 is 0 Å². The Kier molecular flexibility index (Phi) is 2.84. The van der Waals surface area contributed by atoms with Gasteiger partial charge in [-0.3, -0.25) is 14.4 Å². The highest BCUT2D eigenvalue weighted by Gasteiger charge is 2.46. The van der Waals surface area contributed by atoms with Crippen molar-refractivity contribution in [1.29, 1.82) is 0 Å². The molecule has 2 aromatic rings. The number of rotatable bonds is 1. The molecule has 2 aliphatic heterocycles. The Bertz CT molecular complexity index is 754. The van der Waals surface area contributed by atoms with Crippen LogP contribution in [0.5, 0.6) is 0 Å². The number of aromatic nitrogens is 2. The summed E-state index contributed by atoms with van der Waals surface area (Å²) in [5.74, 6) is 0.0515. The first-order valence-electron chi connectivity index (χ1n) is 7.28. The molecule has 6 heteroatoms. The Morgan fingerprint density at radius 2 is 2.00 bits per heavy atom. The quantitative estimate of drug-likeness (QED) is 0.753. The Labute approximate surface area is 134 Å². The van der Waals surface area contributed by atoms with Gasteiger partial charge in [0.25, 0.3) is 5.91 Å². The summed E-state index contributed by atoms with van der Waals surface area (Å²) in [6.07, 6.45) is 2.57. The molecule has 112 valence electrons. The van der Waals surface area contributed by atoms with Gasteiger partial charge in [-0.1, -0.05) is 24.3 Å². The molecule has 3 heterocycles. The Balaban J connectivity index is 1.74. The van der Waals surface area contributed by atoms with Crippen molar-refractivity contribution in [1.82, 2.24) is 14.7 Å². The second-order valence-corrected chi connectivity index (χ2v) is 6.21. The Hall–Kier alpha value is -2.21. The zero-order valence-corrected chi connectivity index (χ0v) is 13.3. The fraction of sp³-hybridized carbons (Fsp3) is 0.312. The average Bonchev–Trinajstić information content (AvgIpc) is 2.95. The van der Waals surface area contributed by atoms with Crippen molar-refractivity contribution in [3.63, 3.8) is 0 Å². The predicted molar refractivity (Wildman–Crippen MR) is 87.5 cm³/mol. The topological polar surface area (TPSA) is 41.4 Å². The summed E-state index contributed by atoms with van der Waals surface area (Å²) < 4.78 is 1.71. The van der Waals surface area contributed by atoms with Crippen molar-refractivity contribution >= 4 is 28.9 Å². The van der Waals surface area contributed by atoms with E-state index in [1.165, 1.54) is 11.1 Å². The third-order valence-corrected chi connectivity index (χ3v) is 4.84. The molecule has 1 fully saturated rings. The lowest BCUT2D eigenvalue weighted by atomic mass is 9.95. The molecule has 0 saturated carbocycles. The minimum atomic E-state index is -0.193. The fourth-order valence-corrected chi connectivity index (χ4v) is 3.72. The minimum Gasteiger partial charge on any atom is -0.332 e. The van der Waals surface area contributed by atoms with Crippen LogP contribution in [0.1, 0.15) is 16.8 Å². The molecule has 1 amide bonds. The lowest BCUT2D eigenvalue weighted by Gasteiger charge is -2.30. The summed E-state index contributed by atoms with van der Waals surface area (Å²) in [6, 6.07) is 8.07. The number of carbonyl (C=O) groups excluding carboxylic acids is 1. The number of hydrogen-bond donors (Lipinski definition) is 0. The van der Waals surface area contributed by atoms with E-state index in [-0.39, 0.29) is 11.9 Å². The van der Waals surface area contributed by atoms with Gasteiger partial charge >= 0.3 is 0 Å². The number of carbonyl (C=O) groups is 1. The summed E-state index contributed by atoms with van der Waals surface area (Å²) in [7, 11) is 1.85. The third kappa shape index (κ3) is 1.80. The molecular weight excluding hydrogens is 296 g/mol. The van der Waals surface area contributed by atoms with Crippen LogP contribution in [0.25, 0.3) is 0 Å². The van der Waals surface area contributed by atoms with Gasteiger partial charge in [0, 0.05) is 26.2 Å². The predicted octanol–water partition coefficient (Wildman–Crippen LogP) is 1.79. The maximum Gasteiger partial charge on any atom is 0.256 e. The van der Waals surface area contributed by atoms with E-state index in [2.05, 4.69) is 17.2 Å². The number of thiocarbonyl (C=S) groups is 1. The highest BCUT2D eigenvalue weighted by atomic mass is 32.1. The third-order valence-electron chi connectivity index (χ3n) is 4.42. The largest absolute Gasteiger partial charge is 0.332 e. The molecule has 1 aromatic heterocycles. The van der Waals surface area contributed by atoms with Gasteiger partial charge in [-0.05, 0) is 30.3 Å². The smallest absolute Gasteiger partial charge is 0.256 e. The van der Waals surface area contributed by atoms with Gasteiger partial charge in [-0.15, -0.1) is 0 Å². The lowest BCUT2D eigenvalue weighted by Crippen LogP contribution is -2.39. The fourth-order valence-electron chi connectivity index (χ4n) is 3.34. The second kappa shape index (κ2) is 4.64. The van der Waals surface area contributed by atoms with Crippen LogP contribution in [0, 0.1) is 6.92 Å². The van der Waals surface area contributed by atoms with Gasteiger partial charge in [-0.25, -0.2) is 0 Å². The number of anilines is 1. The van der Waals surface area contributed by atoms with Crippen LogP contribution in [0.3, 0.4) is 0 Å². The summed E-state index contributed by atoms with van der Waals surface area (Å²) >= 11 is 5.59. The van der Waals surface area contributed by atoms with E-state index in [1.807, 2.05) is 37.2 Å². The highest BCUT2D eigenvalue weighted by Crippen LogP contribution is 2.33. The van der Waals surface area contributed by atoms with Crippen LogP contribution in [-0.4, -0.2) is 31.7 Å². The molecule has 0 spiro atoms. The van der Waals surface area contributed by atoms with Gasteiger partial charge in [0.1, 0.15) is 6.04 Å². The number of fused-ring (bicyclic) bond motifs is 2. The zero-order valence-electron chi connectivity index (χ0n) is 12.5. The van der Waals surface area contributed by atoms with E-state index in [0.717, 1.165) is 11.4 Å². The van der Waals surface area contributed by atoms with Crippen molar-refractivity contribution in [3.8, 4) is 0 Å². The molecular formula is C16H16N4OS. The Morgan fingerprint density at radius 3 is 2.68 bits per heavy atom. The molecule has 4 rings (SSSR count). The SMILES string of the molecule is Cc1nn(C)cc1N1C(=O)[C@H]2Cc3ccccc3CN2C1=S. The maximum atomic E-state index is 12.9. The first kappa shape index (κ1) is 13.5. The molecule has 0 bridgehead atoms. The molecule has 0 radical (unpaired) electrons. The first-order valence-corrected chi connectivity index (χ1v) is 7.68. The zero-order chi connectivity index (χ0) is 15.4. The standard InChI is InChI=1S/C16H16N4OS/c1-10-14(9-18(2)17-10)20-15(21)13-7-11-5-3-4-6-12(11)8-19(13)16(20)22/h3-6,9,13H,7-8H2,1-2H3/t13-/m1/s1. The van der Waals surface area contributed by atoms with E-state index < -0.39 is 0 Å². The molecule has 0 aliphatic carbocycles. The number of nitrogens with zero attached hydrogens (tertiary/aromatic N) is 4. The maximum absolute atomic E-state index is 12.9. The number of aryl methyl sites for hydroxylation is 2. The summed E-state index contributed by atoms with van der Waals surface area (Å²) in [6.45, 7) is 2.60. The Morgan fingerprint density at radius 1 is 1.27 bits per heavy atom. The van der Waals surface area contributed by atoms with Gasteiger partial charge in [0.05, 0.1) is 11.4 Å². The summed E-state index contributed by atoms with van der Waals surface area (Å²) in [4.78, 5) is 16.6. The minimum absolute atomic E-state index is 0.0515. The van der Waals surface area contributed by atoms with Crippen LogP contribution in [0.4, 0.5) is 5.69 Å². The van der Waals surface area contributed by atoms with E-state index in [4.69, 9.17) is 12.2 Å². The molecule has 0 unspecified atom stereocenters.